The lowest BCUT2D eigenvalue weighted by atomic mass is 9.85. The van der Waals surface area contributed by atoms with Crippen LogP contribution in [0.4, 0.5) is 0 Å². The number of carbonyl (C=O) groups excluding carboxylic acids is 1. The van der Waals surface area contributed by atoms with Crippen LogP contribution in [0.5, 0.6) is 0 Å². The van der Waals surface area contributed by atoms with Gasteiger partial charge in [-0.05, 0) is 18.5 Å². The first-order valence-electron chi connectivity index (χ1n) is 7.77. The van der Waals surface area contributed by atoms with Gasteiger partial charge >= 0.3 is 0 Å². The van der Waals surface area contributed by atoms with E-state index < -0.39 is 5.60 Å². The second kappa shape index (κ2) is 7.87. The molecular weight excluding hydrogens is 274 g/mol. The first kappa shape index (κ1) is 16.4. The molecule has 22 heavy (non-hydrogen) atoms. The summed E-state index contributed by atoms with van der Waals surface area (Å²) >= 11 is 0. The molecule has 0 heterocycles. The van der Waals surface area contributed by atoms with Gasteiger partial charge in [0.2, 0.25) is 0 Å². The van der Waals surface area contributed by atoms with Gasteiger partial charge in [-0.25, -0.2) is 0 Å². The smallest absolute Gasteiger partial charge is 0.200 e. The maximum atomic E-state index is 12.8. The second-order valence-corrected chi connectivity index (χ2v) is 5.45. The molecule has 0 aliphatic carbocycles. The van der Waals surface area contributed by atoms with E-state index >= 15 is 0 Å². The zero-order valence-corrected chi connectivity index (χ0v) is 13.0. The van der Waals surface area contributed by atoms with Gasteiger partial charge in [-0.15, -0.1) is 0 Å². The summed E-state index contributed by atoms with van der Waals surface area (Å²) in [5.41, 5.74) is -0.407. The molecule has 3 heteroatoms. The summed E-state index contributed by atoms with van der Waals surface area (Å²) < 4.78 is 0. The largest absolute Gasteiger partial charge is 0.376 e. The van der Waals surface area contributed by atoms with Crippen LogP contribution >= 0.6 is 0 Å². The number of nitrogens with one attached hydrogen (secondary N) is 1. The van der Waals surface area contributed by atoms with Gasteiger partial charge in [0.1, 0.15) is 0 Å². The van der Waals surface area contributed by atoms with Gasteiger partial charge in [0.05, 0.1) is 0 Å². The van der Waals surface area contributed by atoms with Gasteiger partial charge in [-0.1, -0.05) is 74.0 Å². The molecule has 0 amide bonds. The van der Waals surface area contributed by atoms with E-state index in [9.17, 15) is 9.90 Å². The molecule has 0 spiro atoms. The third-order valence-corrected chi connectivity index (χ3v) is 3.75. The van der Waals surface area contributed by atoms with Gasteiger partial charge in [0.25, 0.3) is 0 Å². The van der Waals surface area contributed by atoms with Crippen molar-refractivity contribution in [3.05, 3.63) is 71.8 Å². The first-order valence-corrected chi connectivity index (χ1v) is 7.77. The molecule has 1 atom stereocenters. The minimum Gasteiger partial charge on any atom is -0.376 e. The molecule has 2 aromatic carbocycles. The maximum Gasteiger partial charge on any atom is 0.200 e. The minimum atomic E-state index is -1.55. The SMILES string of the molecule is CCCCNCC(O)(C(=O)c1ccccc1)c1ccccc1. The van der Waals surface area contributed by atoms with E-state index in [1.54, 1.807) is 24.3 Å². The molecule has 116 valence electrons. The Balaban J connectivity index is 2.27. The molecule has 2 rings (SSSR count). The van der Waals surface area contributed by atoms with Crippen molar-refractivity contribution >= 4 is 5.78 Å². The monoisotopic (exact) mass is 297 g/mol. The van der Waals surface area contributed by atoms with Crippen molar-refractivity contribution < 1.29 is 9.90 Å². The highest BCUT2D eigenvalue weighted by Crippen LogP contribution is 2.25. The standard InChI is InChI=1S/C19H23NO2/c1-2-3-14-20-15-19(22,17-12-8-5-9-13-17)18(21)16-10-6-4-7-11-16/h4-13,20,22H,2-3,14-15H2,1H3. The van der Waals surface area contributed by atoms with Gasteiger partial charge in [0.15, 0.2) is 11.4 Å². The third-order valence-electron chi connectivity index (χ3n) is 3.75. The van der Waals surface area contributed by atoms with Gasteiger partial charge < -0.3 is 10.4 Å². The fourth-order valence-electron chi connectivity index (χ4n) is 2.43. The van der Waals surface area contributed by atoms with E-state index in [0.29, 0.717) is 11.1 Å². The number of hydrogen-bond acceptors (Lipinski definition) is 3. The molecule has 3 nitrogen and oxygen atoms in total. The molecule has 0 aliphatic heterocycles. The van der Waals surface area contributed by atoms with Crippen molar-refractivity contribution in [2.75, 3.05) is 13.1 Å². The number of benzene rings is 2. The molecule has 0 saturated carbocycles. The van der Waals surface area contributed by atoms with E-state index in [-0.39, 0.29) is 12.3 Å². The average Bonchev–Trinajstić information content (AvgIpc) is 2.59. The summed E-state index contributed by atoms with van der Waals surface area (Å²) in [6.07, 6.45) is 2.09. The minimum absolute atomic E-state index is 0.213. The van der Waals surface area contributed by atoms with Crippen LogP contribution in [0.1, 0.15) is 35.7 Å². The van der Waals surface area contributed by atoms with E-state index in [4.69, 9.17) is 0 Å². The fourth-order valence-corrected chi connectivity index (χ4v) is 2.43. The van der Waals surface area contributed by atoms with Crippen molar-refractivity contribution in [1.29, 1.82) is 0 Å². The Morgan fingerprint density at radius 3 is 2.23 bits per heavy atom. The molecule has 0 radical (unpaired) electrons. The summed E-state index contributed by atoms with van der Waals surface area (Å²) in [5.74, 6) is -0.275. The van der Waals surface area contributed by atoms with Crippen LogP contribution in [0, 0.1) is 0 Å². The van der Waals surface area contributed by atoms with Crippen LogP contribution < -0.4 is 5.32 Å². The zero-order valence-electron chi connectivity index (χ0n) is 13.0. The van der Waals surface area contributed by atoms with Crippen LogP contribution in [-0.2, 0) is 5.60 Å². The Labute approximate surface area is 132 Å². The topological polar surface area (TPSA) is 49.3 Å². The molecule has 0 bridgehead atoms. The molecule has 1 unspecified atom stereocenters. The lowest BCUT2D eigenvalue weighted by Crippen LogP contribution is -2.45. The zero-order chi connectivity index (χ0) is 15.8. The summed E-state index contributed by atoms with van der Waals surface area (Å²) in [6.45, 7) is 3.11. The first-order chi connectivity index (χ1) is 10.7. The number of unbranched alkanes of at least 4 members (excludes halogenated alkanes) is 1. The van der Waals surface area contributed by atoms with Gasteiger partial charge in [-0.2, -0.15) is 0 Å². The second-order valence-electron chi connectivity index (χ2n) is 5.45. The Hall–Kier alpha value is -1.97. The highest BCUT2D eigenvalue weighted by Gasteiger charge is 2.37. The van der Waals surface area contributed by atoms with Crippen molar-refractivity contribution in [3.8, 4) is 0 Å². The molecule has 0 aromatic heterocycles. The number of ketones is 1. The fraction of sp³-hybridized carbons (Fsp3) is 0.316. The van der Waals surface area contributed by atoms with Crippen LogP contribution in [0.15, 0.2) is 60.7 Å². The molecule has 0 saturated heterocycles. The molecule has 0 aliphatic rings. The lowest BCUT2D eigenvalue weighted by molar-refractivity contribution is 0.0300. The highest BCUT2D eigenvalue weighted by atomic mass is 16.3. The molecule has 0 fully saturated rings. The summed E-state index contributed by atoms with van der Waals surface area (Å²) in [6, 6.07) is 18.1. The van der Waals surface area contributed by atoms with Crippen molar-refractivity contribution in [1.82, 2.24) is 5.32 Å². The number of carbonyl (C=O) groups is 1. The summed E-state index contributed by atoms with van der Waals surface area (Å²) in [4.78, 5) is 12.8. The highest BCUT2D eigenvalue weighted by molar-refractivity contribution is 6.03. The number of rotatable bonds is 8. The van der Waals surface area contributed by atoms with Crippen LogP contribution in [0.3, 0.4) is 0 Å². The van der Waals surface area contributed by atoms with Crippen molar-refractivity contribution in [2.24, 2.45) is 0 Å². The Bertz CT molecular complexity index is 583. The number of aliphatic hydroxyl groups is 1. The molecule has 2 aromatic rings. The normalized spacial score (nSPS) is 13.5. The van der Waals surface area contributed by atoms with Crippen LogP contribution in [0.25, 0.3) is 0 Å². The average molecular weight is 297 g/mol. The van der Waals surface area contributed by atoms with E-state index in [1.165, 1.54) is 0 Å². The van der Waals surface area contributed by atoms with Crippen molar-refractivity contribution in [2.45, 2.75) is 25.4 Å². The van der Waals surface area contributed by atoms with E-state index in [2.05, 4.69) is 12.2 Å². The lowest BCUT2D eigenvalue weighted by Gasteiger charge is -2.28. The van der Waals surface area contributed by atoms with Crippen LogP contribution in [-0.4, -0.2) is 24.0 Å². The Morgan fingerprint density at radius 1 is 1.05 bits per heavy atom. The number of Topliss-reactive ketones (excluding diaryl/α,β-unsaturated/α-hetero) is 1. The van der Waals surface area contributed by atoms with Crippen LogP contribution in [0.2, 0.25) is 0 Å². The third kappa shape index (κ3) is 3.81. The maximum absolute atomic E-state index is 12.8. The summed E-state index contributed by atoms with van der Waals surface area (Å²) in [5, 5.41) is 14.3. The molecule has 2 N–H and O–H groups in total. The van der Waals surface area contributed by atoms with E-state index in [0.717, 1.165) is 19.4 Å². The Morgan fingerprint density at radius 2 is 1.64 bits per heavy atom. The van der Waals surface area contributed by atoms with E-state index in [1.807, 2.05) is 36.4 Å². The Kier molecular flexibility index (Phi) is 5.87. The van der Waals surface area contributed by atoms with Crippen molar-refractivity contribution in [3.63, 3.8) is 0 Å². The van der Waals surface area contributed by atoms with Gasteiger partial charge in [0, 0.05) is 12.1 Å². The van der Waals surface area contributed by atoms with Gasteiger partial charge in [-0.3, -0.25) is 4.79 Å². The number of hydrogen-bond donors (Lipinski definition) is 2. The predicted molar refractivity (Wildman–Crippen MR) is 88.9 cm³/mol. The summed E-state index contributed by atoms with van der Waals surface area (Å²) in [7, 11) is 0. The predicted octanol–water partition coefficient (Wildman–Crippen LogP) is 3.15. The molecular formula is C19H23NO2. The quantitative estimate of drug-likeness (QED) is 0.581.